The second-order valence-electron chi connectivity index (χ2n) is 8.16. The molecule has 3 aromatic carbocycles. The number of amides is 2. The van der Waals surface area contributed by atoms with Crippen LogP contribution < -0.4 is 24.4 Å². The first-order valence-electron chi connectivity index (χ1n) is 11.7. The summed E-state index contributed by atoms with van der Waals surface area (Å²) in [5.41, 5.74) is 2.87. The number of carbonyl (C=O) groups excluding carboxylic acids is 2. The fourth-order valence-electron chi connectivity index (χ4n) is 3.61. The van der Waals surface area contributed by atoms with E-state index in [9.17, 15) is 9.59 Å². The molecule has 1 heterocycles. The van der Waals surface area contributed by atoms with Gasteiger partial charge in [-0.1, -0.05) is 53.8 Å². The number of ether oxygens (including phenoxy) is 3. The lowest BCUT2D eigenvalue weighted by Gasteiger charge is -2.15. The topological polar surface area (TPSA) is 77.1 Å². The average molecular weight is 569 g/mol. The number of hydrogen-bond donors (Lipinski definition) is 1. The third-order valence-electron chi connectivity index (χ3n) is 5.48. The summed E-state index contributed by atoms with van der Waals surface area (Å²) in [6, 6.07) is 17.7. The summed E-state index contributed by atoms with van der Waals surface area (Å²) in [6.07, 6.45) is 1.75. The molecule has 0 aromatic heterocycles. The monoisotopic (exact) mass is 568 g/mol. The average Bonchev–Trinajstić information content (AvgIpc) is 3.17. The molecule has 1 N–H and O–H groups in total. The highest BCUT2D eigenvalue weighted by molar-refractivity contribution is 8.27. The third-order valence-corrected chi connectivity index (χ3v) is 7.19. The number of thioether (sulfide) groups is 1. The van der Waals surface area contributed by atoms with Gasteiger partial charge >= 0.3 is 0 Å². The van der Waals surface area contributed by atoms with Crippen LogP contribution in [-0.4, -0.2) is 36.5 Å². The number of nitrogens with one attached hydrogen (secondary N) is 1. The first-order chi connectivity index (χ1) is 18.3. The van der Waals surface area contributed by atoms with Crippen LogP contribution in [0.25, 0.3) is 6.08 Å². The maximum absolute atomic E-state index is 13.2. The first-order valence-corrected chi connectivity index (χ1v) is 13.3. The molecule has 0 spiro atoms. The van der Waals surface area contributed by atoms with Crippen molar-refractivity contribution in [1.82, 2.24) is 0 Å². The number of methoxy groups -OCH3 is 1. The van der Waals surface area contributed by atoms with Crippen molar-refractivity contribution in [1.29, 1.82) is 0 Å². The molecule has 1 aliphatic heterocycles. The number of halogens is 1. The van der Waals surface area contributed by atoms with Crippen molar-refractivity contribution in [3.63, 3.8) is 0 Å². The van der Waals surface area contributed by atoms with Crippen LogP contribution in [-0.2, 0) is 9.59 Å². The molecule has 4 rings (SSSR count). The molecule has 0 atom stereocenters. The Kier molecular flexibility index (Phi) is 8.93. The second kappa shape index (κ2) is 12.3. The summed E-state index contributed by atoms with van der Waals surface area (Å²) < 4.78 is 17.1. The van der Waals surface area contributed by atoms with Gasteiger partial charge in [0.25, 0.3) is 11.8 Å². The minimum absolute atomic E-state index is 0.214. The molecule has 3 aromatic rings. The van der Waals surface area contributed by atoms with Crippen molar-refractivity contribution in [2.24, 2.45) is 0 Å². The van der Waals surface area contributed by atoms with Gasteiger partial charge in [-0.05, 0) is 67.4 Å². The molecule has 0 bridgehead atoms. The van der Waals surface area contributed by atoms with Gasteiger partial charge in [-0.3, -0.25) is 14.5 Å². The quantitative estimate of drug-likeness (QED) is 0.234. The molecule has 1 saturated heterocycles. The Labute approximate surface area is 235 Å². The molecule has 2 amide bonds. The smallest absolute Gasteiger partial charge is 0.270 e. The second-order valence-corrected chi connectivity index (χ2v) is 10.2. The molecule has 0 unspecified atom stereocenters. The van der Waals surface area contributed by atoms with Gasteiger partial charge in [0.1, 0.15) is 5.75 Å². The molecule has 0 saturated carbocycles. The Morgan fingerprint density at radius 2 is 1.92 bits per heavy atom. The summed E-state index contributed by atoms with van der Waals surface area (Å²) >= 11 is 12.9. The van der Waals surface area contributed by atoms with Crippen LogP contribution in [0.1, 0.15) is 18.1 Å². The summed E-state index contributed by atoms with van der Waals surface area (Å²) in [5, 5.41) is 3.34. The normalized spacial score (nSPS) is 14.1. The molecule has 0 aliphatic carbocycles. The highest BCUT2D eigenvalue weighted by atomic mass is 35.5. The van der Waals surface area contributed by atoms with Crippen LogP contribution in [0.15, 0.2) is 65.6 Å². The van der Waals surface area contributed by atoms with Crippen LogP contribution in [0, 0.1) is 6.92 Å². The predicted molar refractivity (Wildman–Crippen MR) is 157 cm³/mol. The molecule has 7 nitrogen and oxygen atoms in total. The van der Waals surface area contributed by atoms with Gasteiger partial charge in [-0.25, -0.2) is 0 Å². The van der Waals surface area contributed by atoms with Gasteiger partial charge in [-0.15, -0.1) is 0 Å². The minimum Gasteiger partial charge on any atom is -0.497 e. The van der Waals surface area contributed by atoms with E-state index in [-0.39, 0.29) is 18.4 Å². The maximum atomic E-state index is 13.2. The third kappa shape index (κ3) is 6.48. The van der Waals surface area contributed by atoms with E-state index in [1.165, 1.54) is 16.7 Å². The number of anilines is 2. The van der Waals surface area contributed by atoms with Gasteiger partial charge in [0.2, 0.25) is 0 Å². The molecule has 196 valence electrons. The highest BCUT2D eigenvalue weighted by Gasteiger charge is 2.33. The van der Waals surface area contributed by atoms with E-state index in [0.29, 0.717) is 49.5 Å². The lowest BCUT2D eigenvalue weighted by atomic mass is 10.1. The van der Waals surface area contributed by atoms with Crippen molar-refractivity contribution in [3.05, 3.63) is 81.7 Å². The largest absolute Gasteiger partial charge is 0.497 e. The molecule has 1 fully saturated rings. The van der Waals surface area contributed by atoms with Crippen molar-refractivity contribution in [2.45, 2.75) is 13.8 Å². The summed E-state index contributed by atoms with van der Waals surface area (Å²) in [5.74, 6) is 0.942. The maximum Gasteiger partial charge on any atom is 0.270 e. The highest BCUT2D eigenvalue weighted by Crippen LogP contribution is 2.38. The summed E-state index contributed by atoms with van der Waals surface area (Å²) in [4.78, 5) is 27.5. The summed E-state index contributed by atoms with van der Waals surface area (Å²) in [6.45, 7) is 3.93. The Morgan fingerprint density at radius 1 is 1.11 bits per heavy atom. The number of thiocarbonyl (C=S) groups is 1. The SMILES string of the molecule is CCOc1cc(/C=C2\SC(=S)N(c3ccc(C)c(Cl)c3)C2=O)ccc1OCC(=O)Nc1cccc(OC)c1. The summed E-state index contributed by atoms with van der Waals surface area (Å²) in [7, 11) is 1.56. The van der Waals surface area contributed by atoms with Crippen LogP contribution in [0.3, 0.4) is 0 Å². The van der Waals surface area contributed by atoms with E-state index in [1.807, 2.05) is 26.0 Å². The molecule has 0 radical (unpaired) electrons. The Bertz CT molecular complexity index is 1430. The minimum atomic E-state index is -0.329. The van der Waals surface area contributed by atoms with Gasteiger partial charge in [0.05, 0.1) is 24.3 Å². The van der Waals surface area contributed by atoms with E-state index in [4.69, 9.17) is 38.0 Å². The zero-order chi connectivity index (χ0) is 27.2. The molecule has 38 heavy (non-hydrogen) atoms. The van der Waals surface area contributed by atoms with Crippen molar-refractivity contribution in [3.8, 4) is 17.2 Å². The van der Waals surface area contributed by atoms with E-state index in [1.54, 1.807) is 61.7 Å². The van der Waals surface area contributed by atoms with Gasteiger partial charge in [0, 0.05) is 16.8 Å². The van der Waals surface area contributed by atoms with Crippen molar-refractivity contribution in [2.75, 3.05) is 30.5 Å². The zero-order valence-corrected chi connectivity index (χ0v) is 23.3. The number of aryl methyl sites for hydroxylation is 1. The Hall–Kier alpha value is -3.53. The van der Waals surface area contributed by atoms with E-state index < -0.39 is 0 Å². The number of rotatable bonds is 9. The molecular formula is C28H25ClN2O5S2. The Balaban J connectivity index is 1.47. The van der Waals surface area contributed by atoms with Crippen LogP contribution >= 0.6 is 35.6 Å². The van der Waals surface area contributed by atoms with E-state index >= 15 is 0 Å². The number of hydrogen-bond acceptors (Lipinski definition) is 7. The lowest BCUT2D eigenvalue weighted by Crippen LogP contribution is -2.27. The fourth-order valence-corrected chi connectivity index (χ4v) is 5.08. The van der Waals surface area contributed by atoms with Crippen LogP contribution in [0.4, 0.5) is 11.4 Å². The predicted octanol–water partition coefficient (Wildman–Crippen LogP) is 6.48. The van der Waals surface area contributed by atoms with E-state index in [2.05, 4.69) is 5.32 Å². The Morgan fingerprint density at radius 3 is 2.66 bits per heavy atom. The molecule has 10 heteroatoms. The van der Waals surface area contributed by atoms with E-state index in [0.717, 1.165) is 11.1 Å². The fraction of sp³-hybridized carbons (Fsp3) is 0.179. The molecule has 1 aliphatic rings. The van der Waals surface area contributed by atoms with Gasteiger partial charge in [-0.2, -0.15) is 0 Å². The van der Waals surface area contributed by atoms with Crippen LogP contribution in [0.5, 0.6) is 17.2 Å². The van der Waals surface area contributed by atoms with Crippen LogP contribution in [0.2, 0.25) is 5.02 Å². The standard InChI is InChI=1S/C28H25ClN2O5S2/c1-4-35-24-12-18(9-11-23(24)36-16-26(32)30-19-6-5-7-21(14-19)34-3)13-25-27(33)31(28(37)38-25)20-10-8-17(2)22(29)15-20/h5-15H,4,16H2,1-3H3,(H,30,32)/b25-13-. The lowest BCUT2D eigenvalue weighted by molar-refractivity contribution is -0.118. The first kappa shape index (κ1) is 27.5. The van der Waals surface area contributed by atoms with Gasteiger partial charge < -0.3 is 19.5 Å². The molecular weight excluding hydrogens is 544 g/mol. The number of nitrogens with zero attached hydrogens (tertiary/aromatic N) is 1. The van der Waals surface area contributed by atoms with Crippen molar-refractivity contribution < 1.29 is 23.8 Å². The van der Waals surface area contributed by atoms with Gasteiger partial charge in [0.15, 0.2) is 22.4 Å². The van der Waals surface area contributed by atoms with Crippen molar-refractivity contribution >= 4 is 69.2 Å². The zero-order valence-electron chi connectivity index (χ0n) is 20.9. The number of carbonyl (C=O) groups is 2. The number of benzene rings is 3.